The minimum absolute atomic E-state index is 0.0311. The summed E-state index contributed by atoms with van der Waals surface area (Å²) < 4.78 is 1.69. The highest BCUT2D eigenvalue weighted by atomic mass is 16.2. The van der Waals surface area contributed by atoms with Crippen molar-refractivity contribution >= 4 is 28.8 Å². The van der Waals surface area contributed by atoms with Gasteiger partial charge < -0.3 is 5.32 Å². The second-order valence-corrected chi connectivity index (χ2v) is 7.58. The molecule has 1 aromatic carbocycles. The molecule has 162 valence electrons. The number of ketones is 1. The molecule has 1 atom stereocenters. The van der Waals surface area contributed by atoms with E-state index in [1.807, 2.05) is 36.7 Å². The number of fused-ring (bicyclic) bond motifs is 1. The highest BCUT2D eigenvalue weighted by molar-refractivity contribution is 6.04. The van der Waals surface area contributed by atoms with Gasteiger partial charge in [-0.3, -0.25) is 19.7 Å². The smallest absolute Gasteiger partial charge is 0.274 e. The number of benzene rings is 1. The summed E-state index contributed by atoms with van der Waals surface area (Å²) in [5.74, 6) is -0.719. The Morgan fingerprint density at radius 2 is 2.03 bits per heavy atom. The van der Waals surface area contributed by atoms with E-state index in [1.165, 1.54) is 0 Å². The predicted octanol–water partition coefficient (Wildman–Crippen LogP) is 3.71. The normalized spacial score (nSPS) is 15.6. The molecule has 0 radical (unpaired) electrons. The number of nitrogens with zero attached hydrogens (tertiary/aromatic N) is 4. The molecule has 0 saturated carbocycles. The number of aromatic amines is 1. The maximum atomic E-state index is 13.2. The van der Waals surface area contributed by atoms with Crippen LogP contribution in [0.3, 0.4) is 0 Å². The van der Waals surface area contributed by atoms with Gasteiger partial charge in [0.05, 0.1) is 17.4 Å². The summed E-state index contributed by atoms with van der Waals surface area (Å²) in [6.07, 6.45) is 13.0. The van der Waals surface area contributed by atoms with Crippen molar-refractivity contribution in [3.8, 4) is 0 Å². The lowest BCUT2D eigenvalue weighted by Gasteiger charge is -2.16. The van der Waals surface area contributed by atoms with E-state index < -0.39 is 0 Å². The first-order valence-electron chi connectivity index (χ1n) is 10.5. The summed E-state index contributed by atoms with van der Waals surface area (Å²) in [5, 5.41) is 15.3. The first-order valence-corrected chi connectivity index (χ1v) is 10.5. The molecule has 0 saturated heterocycles. The largest absolute Gasteiger partial charge is 0.321 e. The van der Waals surface area contributed by atoms with Crippen molar-refractivity contribution < 1.29 is 9.59 Å². The van der Waals surface area contributed by atoms with Gasteiger partial charge in [0.1, 0.15) is 5.69 Å². The average molecular weight is 436 g/mol. The van der Waals surface area contributed by atoms with Gasteiger partial charge in [-0.05, 0) is 55.0 Å². The molecule has 5 rings (SSSR count). The van der Waals surface area contributed by atoms with Crippen LogP contribution in [0.15, 0.2) is 96.1 Å². The number of carbonyl (C=O) groups excluding carboxylic acids is 2. The fourth-order valence-corrected chi connectivity index (χ4v) is 3.67. The Balaban J connectivity index is 1.32. The van der Waals surface area contributed by atoms with E-state index in [9.17, 15) is 9.59 Å². The average Bonchev–Trinajstić information content (AvgIpc) is 3.52. The number of H-pyrrole nitrogens is 1. The number of rotatable bonds is 6. The number of carbonyl (C=O) groups is 2. The molecule has 4 aromatic rings. The highest BCUT2D eigenvalue weighted by Gasteiger charge is 2.21. The summed E-state index contributed by atoms with van der Waals surface area (Å²) >= 11 is 0. The Bertz CT molecular complexity index is 1400. The van der Waals surface area contributed by atoms with Gasteiger partial charge in [0.2, 0.25) is 0 Å². The van der Waals surface area contributed by atoms with E-state index in [4.69, 9.17) is 0 Å². The lowest BCUT2D eigenvalue weighted by atomic mass is 9.90. The molecule has 1 aliphatic rings. The maximum absolute atomic E-state index is 13.2. The highest BCUT2D eigenvalue weighted by Crippen LogP contribution is 2.23. The van der Waals surface area contributed by atoms with Gasteiger partial charge in [-0.1, -0.05) is 18.2 Å². The zero-order valence-corrected chi connectivity index (χ0v) is 17.6. The third kappa shape index (κ3) is 4.40. The van der Waals surface area contributed by atoms with Crippen LogP contribution in [0.2, 0.25) is 0 Å². The topological polar surface area (TPSA) is 105 Å². The number of hydrogen-bond acceptors (Lipinski definition) is 5. The summed E-state index contributed by atoms with van der Waals surface area (Å²) in [5.41, 5.74) is 2.92. The fourth-order valence-electron chi connectivity index (χ4n) is 3.67. The number of allylic oxidation sites excluding steroid dienone is 3. The van der Waals surface area contributed by atoms with E-state index in [-0.39, 0.29) is 17.6 Å². The van der Waals surface area contributed by atoms with E-state index >= 15 is 0 Å². The molecule has 8 heteroatoms. The molecule has 8 nitrogen and oxygen atoms in total. The molecule has 0 bridgehead atoms. The van der Waals surface area contributed by atoms with Gasteiger partial charge >= 0.3 is 0 Å². The minimum Gasteiger partial charge on any atom is -0.321 e. The molecule has 33 heavy (non-hydrogen) atoms. The Labute approximate surface area is 189 Å². The number of Topliss-reactive ketones (excluding diaryl/α,β-unsaturated/α-hetero) is 1. The molecular weight excluding hydrogens is 416 g/mol. The van der Waals surface area contributed by atoms with Crippen LogP contribution in [0.1, 0.15) is 33.0 Å². The van der Waals surface area contributed by atoms with Gasteiger partial charge in [0.15, 0.2) is 5.78 Å². The standard InChI is InChI=1S/C25H20N6O2/c32-24(17-6-5-7-19(14-17)28-25(33)21-8-1-2-11-26-21)18-9-10-20-22(15-18)29-30-23(20)16-27-31-12-3-4-13-31/h1-5,7-17H,6H2,(H,28,33)(H,29,30)/b27-16+. The monoisotopic (exact) mass is 436 g/mol. The summed E-state index contributed by atoms with van der Waals surface area (Å²) in [4.78, 5) is 29.6. The first kappa shape index (κ1) is 20.3. The quantitative estimate of drug-likeness (QED) is 0.355. The number of amides is 1. The Morgan fingerprint density at radius 3 is 2.85 bits per heavy atom. The van der Waals surface area contributed by atoms with E-state index in [0.717, 1.165) is 11.1 Å². The van der Waals surface area contributed by atoms with Gasteiger partial charge in [0, 0.05) is 41.2 Å². The molecule has 3 aromatic heterocycles. The van der Waals surface area contributed by atoms with Crippen LogP contribution in [-0.4, -0.2) is 37.8 Å². The van der Waals surface area contributed by atoms with Crippen molar-refractivity contribution in [2.75, 3.05) is 0 Å². The number of pyridine rings is 1. The van der Waals surface area contributed by atoms with Crippen molar-refractivity contribution in [1.82, 2.24) is 25.2 Å². The molecule has 1 aliphatic carbocycles. The van der Waals surface area contributed by atoms with Crippen molar-refractivity contribution in [3.63, 3.8) is 0 Å². The van der Waals surface area contributed by atoms with Crippen LogP contribution >= 0.6 is 0 Å². The van der Waals surface area contributed by atoms with Crippen LogP contribution < -0.4 is 5.32 Å². The van der Waals surface area contributed by atoms with E-state index in [1.54, 1.807) is 59.6 Å². The lowest BCUT2D eigenvalue weighted by Crippen LogP contribution is -2.25. The summed E-state index contributed by atoms with van der Waals surface area (Å²) in [6.45, 7) is 0. The molecule has 1 amide bonds. The zero-order valence-electron chi connectivity index (χ0n) is 17.6. The zero-order chi connectivity index (χ0) is 22.6. The Morgan fingerprint density at radius 1 is 1.15 bits per heavy atom. The van der Waals surface area contributed by atoms with Crippen LogP contribution in [0.5, 0.6) is 0 Å². The molecule has 3 heterocycles. The van der Waals surface area contributed by atoms with Crippen LogP contribution in [0.4, 0.5) is 0 Å². The number of aromatic nitrogens is 4. The van der Waals surface area contributed by atoms with Crippen LogP contribution in [0.25, 0.3) is 10.9 Å². The van der Waals surface area contributed by atoms with Crippen LogP contribution in [0, 0.1) is 5.92 Å². The van der Waals surface area contributed by atoms with Crippen molar-refractivity contribution in [3.05, 3.63) is 108 Å². The second kappa shape index (κ2) is 8.88. The van der Waals surface area contributed by atoms with Gasteiger partial charge in [-0.2, -0.15) is 10.2 Å². The molecule has 0 fully saturated rings. The summed E-state index contributed by atoms with van der Waals surface area (Å²) in [6, 6.07) is 14.4. The third-order valence-electron chi connectivity index (χ3n) is 5.34. The van der Waals surface area contributed by atoms with E-state index in [2.05, 4.69) is 25.6 Å². The number of nitrogens with one attached hydrogen (secondary N) is 2. The Kier molecular flexibility index (Phi) is 5.47. The summed E-state index contributed by atoms with van der Waals surface area (Å²) in [7, 11) is 0. The predicted molar refractivity (Wildman–Crippen MR) is 125 cm³/mol. The van der Waals surface area contributed by atoms with Gasteiger partial charge in [-0.15, -0.1) is 0 Å². The Hall–Kier alpha value is -4.59. The minimum atomic E-state index is -0.375. The second-order valence-electron chi connectivity index (χ2n) is 7.58. The molecular formula is C25H20N6O2. The van der Waals surface area contributed by atoms with Crippen molar-refractivity contribution in [2.45, 2.75) is 6.42 Å². The van der Waals surface area contributed by atoms with Crippen LogP contribution in [-0.2, 0) is 0 Å². The van der Waals surface area contributed by atoms with Crippen molar-refractivity contribution in [2.24, 2.45) is 11.0 Å². The molecule has 2 N–H and O–H groups in total. The molecule has 0 spiro atoms. The van der Waals surface area contributed by atoms with E-state index in [0.29, 0.717) is 28.9 Å². The number of hydrogen-bond donors (Lipinski definition) is 2. The fraction of sp³-hybridized carbons (Fsp3) is 0.0800. The maximum Gasteiger partial charge on any atom is 0.274 e. The lowest BCUT2D eigenvalue weighted by molar-refractivity contribution is 0.0934. The van der Waals surface area contributed by atoms with Gasteiger partial charge in [-0.25, -0.2) is 4.68 Å². The first-order chi connectivity index (χ1) is 16.2. The van der Waals surface area contributed by atoms with Crippen molar-refractivity contribution in [1.29, 1.82) is 0 Å². The molecule has 0 aliphatic heterocycles. The SMILES string of the molecule is O=C(NC1=CC(C(=O)c2ccc3c(/C=N/n4cccc4)[nH]nc3c2)CC=C1)c1ccccn1. The van der Waals surface area contributed by atoms with Gasteiger partial charge in [0.25, 0.3) is 5.91 Å². The third-order valence-corrected chi connectivity index (χ3v) is 5.34. The molecule has 1 unspecified atom stereocenters.